The van der Waals surface area contributed by atoms with E-state index in [1.54, 1.807) is 0 Å². The van der Waals surface area contributed by atoms with Gasteiger partial charge < -0.3 is 14.2 Å². The van der Waals surface area contributed by atoms with E-state index in [1.807, 2.05) is 0 Å². The highest BCUT2D eigenvalue weighted by molar-refractivity contribution is 5.71. The van der Waals surface area contributed by atoms with Crippen LogP contribution in [0.4, 0.5) is 0 Å². The lowest BCUT2D eigenvalue weighted by Gasteiger charge is -2.18. The molecule has 0 saturated heterocycles. The van der Waals surface area contributed by atoms with E-state index in [2.05, 4.69) is 57.2 Å². The fraction of sp³-hybridized carbons (Fsp3) is 0.824. The fourth-order valence-corrected chi connectivity index (χ4v) is 6.93. The Labute approximate surface area is 353 Å². The first kappa shape index (κ1) is 54.6. The number of unbranched alkanes of at least 4 members (excludes halogenated alkanes) is 27. The lowest BCUT2D eigenvalue weighted by atomic mass is 10.0. The van der Waals surface area contributed by atoms with Crippen molar-refractivity contribution in [1.82, 2.24) is 0 Å². The monoisotopic (exact) mass is 801 g/mol. The molecule has 0 spiro atoms. The van der Waals surface area contributed by atoms with E-state index >= 15 is 0 Å². The predicted molar refractivity (Wildman–Crippen MR) is 242 cm³/mol. The van der Waals surface area contributed by atoms with Crippen LogP contribution in [0.2, 0.25) is 0 Å². The molecule has 0 amide bonds. The molecule has 0 N–H and O–H groups in total. The van der Waals surface area contributed by atoms with Crippen LogP contribution in [0.5, 0.6) is 0 Å². The number of rotatable bonds is 44. The van der Waals surface area contributed by atoms with Crippen molar-refractivity contribution in [3.63, 3.8) is 0 Å². The molecule has 0 saturated carbocycles. The van der Waals surface area contributed by atoms with Gasteiger partial charge in [-0.3, -0.25) is 14.4 Å². The normalized spacial score (nSPS) is 12.3. The number of hydrogen-bond acceptors (Lipinski definition) is 6. The summed E-state index contributed by atoms with van der Waals surface area (Å²) in [6.45, 7) is 6.48. The zero-order chi connectivity index (χ0) is 41.5. The maximum atomic E-state index is 12.7. The SMILES string of the molecule is CC/C=C\C/C=C\CCCCCCCC(=O)OC(COC(=O)CCCCCCC/C=C\CCCC)COC(=O)CCCCCCCCCCCCCCCCCC. The molecule has 0 rings (SSSR count). The maximum Gasteiger partial charge on any atom is 0.306 e. The third kappa shape index (κ3) is 44.6. The fourth-order valence-electron chi connectivity index (χ4n) is 6.93. The molecule has 0 aromatic rings. The van der Waals surface area contributed by atoms with Crippen molar-refractivity contribution in [2.45, 2.75) is 258 Å². The molecule has 0 fully saturated rings. The van der Waals surface area contributed by atoms with Crippen LogP contribution in [0.3, 0.4) is 0 Å². The van der Waals surface area contributed by atoms with Crippen LogP contribution in [-0.4, -0.2) is 37.2 Å². The summed E-state index contributed by atoms with van der Waals surface area (Å²) < 4.78 is 16.7. The first-order valence-electron chi connectivity index (χ1n) is 24.5. The molecule has 0 radical (unpaired) electrons. The zero-order valence-corrected chi connectivity index (χ0v) is 37.9. The summed E-state index contributed by atoms with van der Waals surface area (Å²) in [7, 11) is 0. The molecule has 57 heavy (non-hydrogen) atoms. The number of carbonyl (C=O) groups excluding carboxylic acids is 3. The van der Waals surface area contributed by atoms with Crippen molar-refractivity contribution in [2.24, 2.45) is 0 Å². The minimum absolute atomic E-state index is 0.0780. The Balaban J connectivity index is 4.34. The first-order valence-corrected chi connectivity index (χ1v) is 24.5. The Morgan fingerprint density at radius 1 is 0.368 bits per heavy atom. The largest absolute Gasteiger partial charge is 0.462 e. The van der Waals surface area contributed by atoms with Crippen molar-refractivity contribution >= 4 is 17.9 Å². The van der Waals surface area contributed by atoms with Gasteiger partial charge in [0.05, 0.1) is 0 Å². The third-order valence-corrected chi connectivity index (χ3v) is 10.6. The zero-order valence-electron chi connectivity index (χ0n) is 37.9. The minimum Gasteiger partial charge on any atom is -0.462 e. The van der Waals surface area contributed by atoms with E-state index in [0.717, 1.165) is 96.3 Å². The highest BCUT2D eigenvalue weighted by Gasteiger charge is 2.19. The molecule has 332 valence electrons. The second-order valence-corrected chi connectivity index (χ2v) is 16.3. The summed E-state index contributed by atoms with van der Waals surface area (Å²) in [6, 6.07) is 0. The van der Waals surface area contributed by atoms with Crippen molar-refractivity contribution < 1.29 is 28.6 Å². The van der Waals surface area contributed by atoms with Gasteiger partial charge in [0.2, 0.25) is 0 Å². The molecular weight excluding hydrogens is 709 g/mol. The van der Waals surface area contributed by atoms with Gasteiger partial charge in [0.1, 0.15) is 13.2 Å². The lowest BCUT2D eigenvalue weighted by Crippen LogP contribution is -2.30. The van der Waals surface area contributed by atoms with Crippen molar-refractivity contribution in [3.8, 4) is 0 Å². The molecule has 6 heteroatoms. The highest BCUT2D eigenvalue weighted by atomic mass is 16.6. The van der Waals surface area contributed by atoms with E-state index < -0.39 is 6.10 Å². The van der Waals surface area contributed by atoms with Crippen LogP contribution in [0.15, 0.2) is 36.5 Å². The third-order valence-electron chi connectivity index (χ3n) is 10.6. The smallest absolute Gasteiger partial charge is 0.306 e. The molecule has 1 unspecified atom stereocenters. The molecule has 0 aromatic heterocycles. The van der Waals surface area contributed by atoms with Gasteiger partial charge in [0.15, 0.2) is 6.10 Å². The van der Waals surface area contributed by atoms with Gasteiger partial charge in [-0.05, 0) is 64.2 Å². The van der Waals surface area contributed by atoms with E-state index in [0.29, 0.717) is 19.3 Å². The van der Waals surface area contributed by atoms with Gasteiger partial charge in [-0.15, -0.1) is 0 Å². The van der Waals surface area contributed by atoms with Crippen LogP contribution >= 0.6 is 0 Å². The number of hydrogen-bond donors (Lipinski definition) is 0. The Morgan fingerprint density at radius 3 is 1.12 bits per heavy atom. The molecule has 6 nitrogen and oxygen atoms in total. The molecule has 0 aromatic carbocycles. The van der Waals surface area contributed by atoms with Crippen molar-refractivity contribution in [1.29, 1.82) is 0 Å². The van der Waals surface area contributed by atoms with Gasteiger partial charge in [-0.25, -0.2) is 0 Å². The minimum atomic E-state index is -0.777. The van der Waals surface area contributed by atoms with E-state index in [4.69, 9.17) is 14.2 Å². The Hall–Kier alpha value is -2.37. The maximum absolute atomic E-state index is 12.7. The van der Waals surface area contributed by atoms with Gasteiger partial charge in [-0.2, -0.15) is 0 Å². The average molecular weight is 801 g/mol. The number of ether oxygens (including phenoxy) is 3. The Kier molecular flexibility index (Phi) is 44.4. The second kappa shape index (κ2) is 46.3. The van der Waals surface area contributed by atoms with E-state index in [-0.39, 0.29) is 31.1 Å². The molecule has 0 aliphatic carbocycles. The van der Waals surface area contributed by atoms with E-state index in [9.17, 15) is 14.4 Å². The Morgan fingerprint density at radius 2 is 0.702 bits per heavy atom. The second-order valence-electron chi connectivity index (χ2n) is 16.3. The van der Waals surface area contributed by atoms with Gasteiger partial charge in [0.25, 0.3) is 0 Å². The van der Waals surface area contributed by atoms with Gasteiger partial charge in [-0.1, -0.05) is 205 Å². The van der Waals surface area contributed by atoms with Crippen LogP contribution in [0, 0.1) is 0 Å². The topological polar surface area (TPSA) is 78.9 Å². The van der Waals surface area contributed by atoms with Crippen LogP contribution < -0.4 is 0 Å². The van der Waals surface area contributed by atoms with Crippen molar-refractivity contribution in [3.05, 3.63) is 36.5 Å². The van der Waals surface area contributed by atoms with Crippen LogP contribution in [-0.2, 0) is 28.6 Å². The summed E-state index contributed by atoms with van der Waals surface area (Å²) in [4.78, 5) is 37.8. The first-order chi connectivity index (χ1) is 28.0. The van der Waals surface area contributed by atoms with Gasteiger partial charge >= 0.3 is 17.9 Å². The summed E-state index contributed by atoms with van der Waals surface area (Å²) in [5.74, 6) is -0.897. The lowest BCUT2D eigenvalue weighted by molar-refractivity contribution is -0.167. The molecule has 1 atom stereocenters. The predicted octanol–water partition coefficient (Wildman–Crippen LogP) is 15.8. The van der Waals surface area contributed by atoms with E-state index in [1.165, 1.54) is 116 Å². The van der Waals surface area contributed by atoms with Crippen LogP contribution in [0.25, 0.3) is 0 Å². The molecule has 0 heterocycles. The molecular formula is C51H92O6. The molecule has 0 aliphatic heterocycles. The van der Waals surface area contributed by atoms with Gasteiger partial charge in [0, 0.05) is 19.3 Å². The summed E-state index contributed by atoms with van der Waals surface area (Å²) >= 11 is 0. The summed E-state index contributed by atoms with van der Waals surface area (Å²) in [6.07, 6.45) is 52.7. The van der Waals surface area contributed by atoms with Crippen LogP contribution in [0.1, 0.15) is 252 Å². The molecule has 0 aliphatic rings. The Bertz CT molecular complexity index is 969. The molecule has 0 bridgehead atoms. The number of esters is 3. The highest BCUT2D eigenvalue weighted by Crippen LogP contribution is 2.15. The van der Waals surface area contributed by atoms with Crippen molar-refractivity contribution in [2.75, 3.05) is 13.2 Å². The number of allylic oxidation sites excluding steroid dienone is 6. The number of carbonyl (C=O) groups is 3. The quantitative estimate of drug-likeness (QED) is 0.0264. The summed E-state index contributed by atoms with van der Waals surface area (Å²) in [5, 5.41) is 0. The average Bonchev–Trinajstić information content (AvgIpc) is 3.21. The standard InChI is InChI=1S/C51H92O6/c1-4-7-10-13-16-19-22-24-25-26-27-30-32-35-38-41-44-50(53)56-47-48(46-55-49(52)43-40-37-34-31-28-21-18-15-12-9-6-3)57-51(54)45-42-39-36-33-29-23-20-17-14-11-8-5-2/h8,11,15,17-18,20,48H,4-7,9-10,12-14,16,19,21-47H2,1-3H3/b11-8-,18-15-,20-17-. The summed E-state index contributed by atoms with van der Waals surface area (Å²) in [5.41, 5.74) is 0.